The second-order valence-corrected chi connectivity index (χ2v) is 7.01. The Labute approximate surface area is 146 Å². The van der Waals surface area contributed by atoms with E-state index >= 15 is 0 Å². The fourth-order valence-electron chi connectivity index (χ4n) is 3.97. The van der Waals surface area contributed by atoms with E-state index in [1.165, 1.54) is 17.2 Å². The van der Waals surface area contributed by atoms with Gasteiger partial charge in [-0.05, 0) is 48.1 Å². The Bertz CT molecular complexity index is 859. The van der Waals surface area contributed by atoms with Crippen molar-refractivity contribution < 1.29 is 9.90 Å². The van der Waals surface area contributed by atoms with Gasteiger partial charge in [-0.2, -0.15) is 0 Å². The zero-order chi connectivity index (χ0) is 16.8. The topological polar surface area (TPSA) is 52.2 Å². The van der Waals surface area contributed by atoms with Crippen molar-refractivity contribution >= 4 is 23.3 Å². The zero-order valence-corrected chi connectivity index (χ0v) is 14.0. The van der Waals surface area contributed by atoms with E-state index in [0.29, 0.717) is 10.9 Å². The summed E-state index contributed by atoms with van der Waals surface area (Å²) in [5.41, 5.74) is 4.37. The molecule has 0 aromatic heterocycles. The molecule has 0 amide bonds. The molecule has 0 fully saturated rings. The number of rotatable bonds is 2. The van der Waals surface area contributed by atoms with E-state index in [2.05, 4.69) is 48.7 Å². The minimum Gasteiger partial charge on any atom is -0.545 e. The number of halogens is 1. The van der Waals surface area contributed by atoms with Gasteiger partial charge in [0.1, 0.15) is 0 Å². The van der Waals surface area contributed by atoms with Crippen molar-refractivity contribution in [1.82, 2.24) is 0 Å². The first-order valence-electron chi connectivity index (χ1n) is 8.09. The lowest BCUT2D eigenvalue weighted by molar-refractivity contribution is -0.255. The third-order valence-electron chi connectivity index (χ3n) is 5.06. The van der Waals surface area contributed by atoms with Crippen molar-refractivity contribution in [2.75, 3.05) is 5.32 Å². The van der Waals surface area contributed by atoms with Gasteiger partial charge in [0.25, 0.3) is 0 Å². The average Bonchev–Trinajstić information content (AvgIpc) is 3.04. The number of benzene rings is 2. The predicted molar refractivity (Wildman–Crippen MR) is 93.3 cm³/mol. The second-order valence-electron chi connectivity index (χ2n) is 6.60. The van der Waals surface area contributed by atoms with Crippen LogP contribution in [0.15, 0.2) is 48.6 Å². The Hall–Kier alpha value is -2.26. The molecule has 4 heteroatoms. The number of allylic oxidation sites excluding steroid dienone is 2. The van der Waals surface area contributed by atoms with E-state index in [0.717, 1.165) is 17.7 Å². The highest BCUT2D eigenvalue weighted by Crippen LogP contribution is 2.51. The third kappa shape index (κ3) is 2.40. The molecule has 0 saturated heterocycles. The van der Waals surface area contributed by atoms with Crippen LogP contribution in [0.3, 0.4) is 0 Å². The summed E-state index contributed by atoms with van der Waals surface area (Å²) in [6.45, 7) is 2.09. The molecule has 3 atom stereocenters. The van der Waals surface area contributed by atoms with E-state index in [1.54, 1.807) is 6.07 Å². The van der Waals surface area contributed by atoms with Crippen molar-refractivity contribution in [2.24, 2.45) is 5.92 Å². The number of nitrogens with one attached hydrogen (secondary N) is 1. The van der Waals surface area contributed by atoms with Crippen LogP contribution in [0.2, 0.25) is 5.02 Å². The summed E-state index contributed by atoms with van der Waals surface area (Å²) in [6.07, 6.45) is 5.31. The van der Waals surface area contributed by atoms with Crippen LogP contribution in [0.1, 0.15) is 45.4 Å². The zero-order valence-electron chi connectivity index (χ0n) is 13.3. The Morgan fingerprint density at radius 3 is 2.88 bits per heavy atom. The van der Waals surface area contributed by atoms with Crippen LogP contribution < -0.4 is 10.4 Å². The molecule has 1 aliphatic heterocycles. The number of carbonyl (C=O) groups excluding carboxylic acids is 1. The molecular weight excluding hydrogens is 322 g/mol. The first kappa shape index (κ1) is 15.3. The predicted octanol–water partition coefficient (Wildman–Crippen LogP) is 3.84. The van der Waals surface area contributed by atoms with Crippen LogP contribution in [0.5, 0.6) is 0 Å². The second kappa shape index (κ2) is 5.67. The first-order valence-corrected chi connectivity index (χ1v) is 8.47. The van der Waals surface area contributed by atoms with E-state index in [9.17, 15) is 9.90 Å². The summed E-state index contributed by atoms with van der Waals surface area (Å²) in [5, 5.41) is 15.2. The first-order chi connectivity index (χ1) is 11.5. The number of hydrogen-bond donors (Lipinski definition) is 1. The lowest BCUT2D eigenvalue weighted by atomic mass is 9.76. The van der Waals surface area contributed by atoms with Crippen molar-refractivity contribution in [3.63, 3.8) is 0 Å². The molecule has 2 aromatic rings. The highest BCUT2D eigenvalue weighted by Gasteiger charge is 2.38. The fourth-order valence-corrected chi connectivity index (χ4v) is 4.25. The van der Waals surface area contributed by atoms with Crippen molar-refractivity contribution in [2.45, 2.75) is 25.3 Å². The normalized spacial score (nSPS) is 24.2. The molecule has 2 aliphatic rings. The van der Waals surface area contributed by atoms with Crippen LogP contribution in [-0.2, 0) is 0 Å². The molecule has 0 radical (unpaired) electrons. The Morgan fingerprint density at radius 2 is 2.12 bits per heavy atom. The van der Waals surface area contributed by atoms with Crippen molar-refractivity contribution in [3.8, 4) is 0 Å². The third-order valence-corrected chi connectivity index (χ3v) is 5.36. The maximum absolute atomic E-state index is 11.2. The standard InChI is InChI=1S/C20H18ClNO2/c1-11-4-2-5-12(8-11)18-15-7-3-6-14(15)16-9-13(20(23)24)10-17(21)19(16)22-18/h2-6,8-10,14-15,18,22H,7H2,1H3,(H,23,24)/p-1/t14-,15+,18+/m1/s1. The molecular formula is C20H17ClNO2-. The summed E-state index contributed by atoms with van der Waals surface area (Å²) in [7, 11) is 0. The van der Waals surface area contributed by atoms with Crippen molar-refractivity contribution in [1.29, 1.82) is 0 Å². The minimum absolute atomic E-state index is 0.133. The number of carboxylic acid groups (broad SMARTS) is 1. The maximum Gasteiger partial charge on any atom is 0.0715 e. The average molecular weight is 339 g/mol. The number of fused-ring (bicyclic) bond motifs is 3. The number of aryl methyl sites for hydroxylation is 1. The van der Waals surface area contributed by atoms with Gasteiger partial charge in [0, 0.05) is 5.92 Å². The van der Waals surface area contributed by atoms with E-state index in [1.807, 2.05) is 0 Å². The summed E-state index contributed by atoms with van der Waals surface area (Å²) in [6, 6.07) is 11.8. The molecule has 0 unspecified atom stereocenters. The van der Waals surface area contributed by atoms with Crippen LogP contribution in [0.4, 0.5) is 5.69 Å². The Morgan fingerprint density at radius 1 is 1.29 bits per heavy atom. The van der Waals surface area contributed by atoms with Crippen LogP contribution in [-0.4, -0.2) is 5.97 Å². The highest BCUT2D eigenvalue weighted by atomic mass is 35.5. The van der Waals surface area contributed by atoms with E-state index in [-0.39, 0.29) is 17.5 Å². The highest BCUT2D eigenvalue weighted by molar-refractivity contribution is 6.33. The van der Waals surface area contributed by atoms with Gasteiger partial charge in [-0.15, -0.1) is 0 Å². The van der Waals surface area contributed by atoms with Gasteiger partial charge in [0.15, 0.2) is 0 Å². The molecule has 24 heavy (non-hydrogen) atoms. The maximum atomic E-state index is 11.2. The van der Waals surface area contributed by atoms with E-state index < -0.39 is 5.97 Å². The van der Waals surface area contributed by atoms with Crippen LogP contribution >= 0.6 is 11.6 Å². The molecule has 1 N–H and O–H groups in total. The Balaban J connectivity index is 1.83. The van der Waals surface area contributed by atoms with Crippen LogP contribution in [0, 0.1) is 12.8 Å². The number of carboxylic acids is 1. The molecule has 0 spiro atoms. The summed E-state index contributed by atoms with van der Waals surface area (Å²) >= 11 is 6.39. The number of hydrogen-bond acceptors (Lipinski definition) is 3. The smallest absolute Gasteiger partial charge is 0.0715 e. The molecule has 1 aliphatic carbocycles. The molecule has 1 heterocycles. The lowest BCUT2D eigenvalue weighted by Gasteiger charge is -2.38. The van der Waals surface area contributed by atoms with Gasteiger partial charge in [-0.25, -0.2) is 0 Å². The van der Waals surface area contributed by atoms with Gasteiger partial charge in [-0.3, -0.25) is 0 Å². The molecule has 0 saturated carbocycles. The van der Waals surface area contributed by atoms with Gasteiger partial charge >= 0.3 is 0 Å². The quantitative estimate of drug-likeness (QED) is 0.846. The van der Waals surface area contributed by atoms with Crippen molar-refractivity contribution in [3.05, 3.63) is 75.8 Å². The molecule has 122 valence electrons. The van der Waals surface area contributed by atoms with Gasteiger partial charge in [-0.1, -0.05) is 53.6 Å². The Kier molecular flexibility index (Phi) is 3.61. The number of anilines is 1. The minimum atomic E-state index is -1.20. The monoisotopic (exact) mass is 338 g/mol. The van der Waals surface area contributed by atoms with Gasteiger partial charge < -0.3 is 15.2 Å². The summed E-state index contributed by atoms with van der Waals surface area (Å²) in [5.74, 6) is -0.671. The van der Waals surface area contributed by atoms with Gasteiger partial charge in [0.05, 0.1) is 22.7 Å². The number of carbonyl (C=O) groups is 1. The molecule has 3 nitrogen and oxygen atoms in total. The molecule has 4 rings (SSSR count). The summed E-state index contributed by atoms with van der Waals surface area (Å²) in [4.78, 5) is 11.2. The SMILES string of the molecule is Cc1cccc([C@@H]2Nc3c(Cl)cc(C(=O)[O-])cc3[C@@H]3C=CC[C@@H]32)c1. The largest absolute Gasteiger partial charge is 0.545 e. The number of aromatic carboxylic acids is 1. The summed E-state index contributed by atoms with van der Waals surface area (Å²) < 4.78 is 0. The van der Waals surface area contributed by atoms with E-state index in [4.69, 9.17) is 11.6 Å². The molecule has 0 bridgehead atoms. The molecule has 2 aromatic carbocycles. The van der Waals surface area contributed by atoms with Gasteiger partial charge in [0.2, 0.25) is 0 Å². The lowest BCUT2D eigenvalue weighted by Crippen LogP contribution is -2.30. The fraction of sp³-hybridized carbons (Fsp3) is 0.250. The van der Waals surface area contributed by atoms with Crippen LogP contribution in [0.25, 0.3) is 0 Å².